The number of benzene rings is 1. The van der Waals surface area contributed by atoms with Crippen molar-refractivity contribution in [2.45, 2.75) is 10.2 Å². The van der Waals surface area contributed by atoms with Gasteiger partial charge in [-0.05, 0) is 40.4 Å². The van der Waals surface area contributed by atoms with Crippen molar-refractivity contribution in [3.05, 3.63) is 42.5 Å². The van der Waals surface area contributed by atoms with Gasteiger partial charge in [-0.1, -0.05) is 18.2 Å². The normalized spacial score (nSPS) is 10.5. The SMILES string of the molecule is COc1ccc(N)c(Sc2nnnn2-c2ccccc2)n1. The molecule has 3 rings (SSSR count). The number of hydrogen-bond donors (Lipinski definition) is 1. The molecule has 21 heavy (non-hydrogen) atoms. The number of anilines is 1. The summed E-state index contributed by atoms with van der Waals surface area (Å²) in [4.78, 5) is 4.31. The minimum Gasteiger partial charge on any atom is -0.481 e. The molecule has 1 aromatic carbocycles. The molecule has 0 aliphatic heterocycles. The fourth-order valence-corrected chi connectivity index (χ4v) is 2.49. The summed E-state index contributed by atoms with van der Waals surface area (Å²) in [5.74, 6) is 0.491. The molecule has 2 N–H and O–H groups in total. The van der Waals surface area contributed by atoms with Gasteiger partial charge in [-0.25, -0.2) is 4.98 Å². The van der Waals surface area contributed by atoms with Crippen molar-refractivity contribution in [3.8, 4) is 11.6 Å². The summed E-state index contributed by atoms with van der Waals surface area (Å²) in [6, 6.07) is 13.1. The lowest BCUT2D eigenvalue weighted by Gasteiger charge is -2.06. The summed E-state index contributed by atoms with van der Waals surface area (Å²) in [6.45, 7) is 0. The van der Waals surface area contributed by atoms with Gasteiger partial charge in [-0.3, -0.25) is 0 Å². The number of nitrogen functional groups attached to an aromatic ring is 1. The van der Waals surface area contributed by atoms with E-state index in [1.807, 2.05) is 30.3 Å². The highest BCUT2D eigenvalue weighted by atomic mass is 32.2. The van der Waals surface area contributed by atoms with E-state index in [-0.39, 0.29) is 0 Å². The highest BCUT2D eigenvalue weighted by Crippen LogP contribution is 2.31. The van der Waals surface area contributed by atoms with E-state index in [0.717, 1.165) is 5.69 Å². The van der Waals surface area contributed by atoms with Crippen molar-refractivity contribution in [1.82, 2.24) is 25.2 Å². The van der Waals surface area contributed by atoms with Crippen molar-refractivity contribution >= 4 is 17.4 Å². The van der Waals surface area contributed by atoms with Crippen LogP contribution >= 0.6 is 11.8 Å². The van der Waals surface area contributed by atoms with Crippen molar-refractivity contribution in [2.75, 3.05) is 12.8 Å². The maximum absolute atomic E-state index is 5.93. The topological polar surface area (TPSA) is 91.7 Å². The van der Waals surface area contributed by atoms with Crippen LogP contribution in [-0.2, 0) is 0 Å². The summed E-state index contributed by atoms with van der Waals surface area (Å²) in [7, 11) is 1.56. The quantitative estimate of drug-likeness (QED) is 0.785. The molecule has 2 aromatic heterocycles. The first-order valence-corrected chi connectivity index (χ1v) is 6.92. The average molecular weight is 300 g/mol. The number of para-hydroxylation sites is 1. The Hall–Kier alpha value is -2.61. The third-order valence-corrected chi connectivity index (χ3v) is 3.66. The molecule has 7 nitrogen and oxygen atoms in total. The van der Waals surface area contributed by atoms with E-state index >= 15 is 0 Å². The Morgan fingerprint density at radius 2 is 1.95 bits per heavy atom. The number of nitrogens with two attached hydrogens (primary N) is 1. The zero-order chi connectivity index (χ0) is 14.7. The summed E-state index contributed by atoms with van der Waals surface area (Å²) in [5.41, 5.74) is 7.34. The van der Waals surface area contributed by atoms with E-state index in [2.05, 4.69) is 20.5 Å². The summed E-state index contributed by atoms with van der Waals surface area (Å²) in [6.07, 6.45) is 0. The Kier molecular flexibility index (Phi) is 3.69. The first-order chi connectivity index (χ1) is 10.3. The summed E-state index contributed by atoms with van der Waals surface area (Å²) < 4.78 is 6.74. The molecule has 0 fully saturated rings. The lowest BCUT2D eigenvalue weighted by molar-refractivity contribution is 0.395. The highest BCUT2D eigenvalue weighted by Gasteiger charge is 2.13. The van der Waals surface area contributed by atoms with Crippen molar-refractivity contribution in [3.63, 3.8) is 0 Å². The lowest BCUT2D eigenvalue weighted by atomic mass is 10.3. The van der Waals surface area contributed by atoms with Crippen LogP contribution in [0.1, 0.15) is 0 Å². The van der Waals surface area contributed by atoms with Gasteiger partial charge in [0, 0.05) is 6.07 Å². The average Bonchev–Trinajstić information content (AvgIpc) is 2.98. The van der Waals surface area contributed by atoms with Crippen LogP contribution in [-0.4, -0.2) is 32.3 Å². The largest absolute Gasteiger partial charge is 0.481 e. The molecule has 0 unspecified atom stereocenters. The molecular formula is C13H12N6OS. The van der Waals surface area contributed by atoms with Crippen LogP contribution in [0.4, 0.5) is 5.69 Å². The second kappa shape index (κ2) is 5.80. The molecule has 8 heteroatoms. The summed E-state index contributed by atoms with van der Waals surface area (Å²) >= 11 is 1.28. The number of aromatic nitrogens is 5. The van der Waals surface area contributed by atoms with Crippen LogP contribution in [0.3, 0.4) is 0 Å². The van der Waals surface area contributed by atoms with Gasteiger partial charge in [0.05, 0.1) is 18.5 Å². The molecule has 0 amide bonds. The zero-order valence-corrected chi connectivity index (χ0v) is 12.0. The van der Waals surface area contributed by atoms with E-state index in [9.17, 15) is 0 Å². The number of methoxy groups -OCH3 is 1. The van der Waals surface area contributed by atoms with Gasteiger partial charge in [0.25, 0.3) is 0 Å². The van der Waals surface area contributed by atoms with Gasteiger partial charge < -0.3 is 10.5 Å². The minimum atomic E-state index is 0.491. The van der Waals surface area contributed by atoms with Gasteiger partial charge in [0.2, 0.25) is 11.0 Å². The molecule has 0 aliphatic rings. The van der Waals surface area contributed by atoms with Gasteiger partial charge in [0.1, 0.15) is 5.03 Å². The molecule has 0 spiro atoms. The number of pyridine rings is 1. The number of nitrogens with zero attached hydrogens (tertiary/aromatic N) is 5. The Balaban J connectivity index is 1.95. The van der Waals surface area contributed by atoms with E-state index in [0.29, 0.717) is 21.7 Å². The predicted molar refractivity (Wildman–Crippen MR) is 78.5 cm³/mol. The zero-order valence-electron chi connectivity index (χ0n) is 11.2. The van der Waals surface area contributed by atoms with Crippen molar-refractivity contribution in [1.29, 1.82) is 0 Å². The number of tetrazole rings is 1. The molecule has 0 bridgehead atoms. The van der Waals surface area contributed by atoms with E-state index in [4.69, 9.17) is 10.5 Å². The van der Waals surface area contributed by atoms with Gasteiger partial charge >= 0.3 is 0 Å². The second-order valence-corrected chi connectivity index (χ2v) is 5.01. The highest BCUT2D eigenvalue weighted by molar-refractivity contribution is 7.99. The second-order valence-electron chi connectivity index (χ2n) is 4.06. The Labute approximate surface area is 125 Å². The maximum atomic E-state index is 5.93. The Morgan fingerprint density at radius 1 is 1.14 bits per heavy atom. The van der Waals surface area contributed by atoms with Crippen LogP contribution in [0.15, 0.2) is 52.6 Å². The minimum absolute atomic E-state index is 0.491. The monoisotopic (exact) mass is 300 g/mol. The van der Waals surface area contributed by atoms with Crippen molar-refractivity contribution < 1.29 is 4.74 Å². The third-order valence-electron chi connectivity index (χ3n) is 2.70. The van der Waals surface area contributed by atoms with E-state index < -0.39 is 0 Å². The van der Waals surface area contributed by atoms with Crippen LogP contribution in [0, 0.1) is 0 Å². The van der Waals surface area contributed by atoms with Crippen LogP contribution in [0.25, 0.3) is 5.69 Å². The molecule has 106 valence electrons. The molecule has 0 aliphatic carbocycles. The van der Waals surface area contributed by atoms with Crippen LogP contribution in [0.2, 0.25) is 0 Å². The number of ether oxygens (including phenoxy) is 1. The van der Waals surface area contributed by atoms with Crippen LogP contribution in [0.5, 0.6) is 5.88 Å². The van der Waals surface area contributed by atoms with E-state index in [1.54, 1.807) is 23.9 Å². The molecule has 2 heterocycles. The first kappa shape index (κ1) is 13.4. The maximum Gasteiger partial charge on any atom is 0.220 e. The molecule has 0 radical (unpaired) electrons. The standard InChI is InChI=1S/C13H12N6OS/c1-20-11-8-7-10(14)12(15-11)21-13-16-17-18-19(13)9-5-3-2-4-6-9/h2-8H,14H2,1H3. The third kappa shape index (κ3) is 2.79. The number of rotatable bonds is 4. The molecule has 3 aromatic rings. The molecular weight excluding hydrogens is 288 g/mol. The summed E-state index contributed by atoms with van der Waals surface area (Å²) in [5, 5.41) is 12.9. The fourth-order valence-electron chi connectivity index (χ4n) is 1.69. The van der Waals surface area contributed by atoms with Gasteiger partial charge in [0.15, 0.2) is 0 Å². The predicted octanol–water partition coefficient (Wildman–Crippen LogP) is 1.80. The van der Waals surface area contributed by atoms with Crippen molar-refractivity contribution in [2.24, 2.45) is 0 Å². The van der Waals surface area contributed by atoms with Gasteiger partial charge in [-0.2, -0.15) is 4.68 Å². The Bertz CT molecular complexity index is 745. The fraction of sp³-hybridized carbons (Fsp3) is 0.0769. The molecule has 0 saturated carbocycles. The smallest absolute Gasteiger partial charge is 0.220 e. The molecule has 0 atom stereocenters. The Morgan fingerprint density at radius 3 is 2.71 bits per heavy atom. The first-order valence-electron chi connectivity index (χ1n) is 6.10. The van der Waals surface area contributed by atoms with E-state index in [1.165, 1.54) is 11.8 Å². The molecule has 0 saturated heterocycles. The lowest BCUT2D eigenvalue weighted by Crippen LogP contribution is -2.00. The van der Waals surface area contributed by atoms with Gasteiger partial charge in [-0.15, -0.1) is 5.10 Å². The number of hydrogen-bond acceptors (Lipinski definition) is 7. The van der Waals surface area contributed by atoms with Crippen LogP contribution < -0.4 is 10.5 Å².